The molecular weight excluding hydrogens is 240 g/mol. The largest absolute Gasteiger partial charge is 0.287 e. The minimum atomic E-state index is -1.05. The van der Waals surface area contributed by atoms with Crippen LogP contribution in [0.15, 0.2) is 24.4 Å². The van der Waals surface area contributed by atoms with Crippen molar-refractivity contribution in [3.05, 3.63) is 47.3 Å². The molecule has 0 spiro atoms. The van der Waals surface area contributed by atoms with Gasteiger partial charge in [-0.2, -0.15) is 0 Å². The normalized spacial score (nSPS) is 10.6. The van der Waals surface area contributed by atoms with Gasteiger partial charge in [0.1, 0.15) is 5.69 Å². The predicted octanol–water partition coefficient (Wildman–Crippen LogP) is 2.20. The van der Waals surface area contributed by atoms with E-state index in [2.05, 4.69) is 10.3 Å². The molecule has 1 aromatic heterocycles. The van der Waals surface area contributed by atoms with Crippen LogP contribution in [0.2, 0.25) is 0 Å². The minimum absolute atomic E-state index is 0.0774. The molecule has 6 heteroatoms. The average molecular weight is 251 g/mol. The van der Waals surface area contributed by atoms with Gasteiger partial charge in [-0.05, 0) is 24.6 Å². The van der Waals surface area contributed by atoms with E-state index < -0.39 is 17.4 Å². The van der Waals surface area contributed by atoms with Crippen LogP contribution in [-0.2, 0) is 6.54 Å². The van der Waals surface area contributed by atoms with Gasteiger partial charge < -0.3 is 0 Å². The third-order valence-corrected chi connectivity index (χ3v) is 2.47. The highest BCUT2D eigenvalue weighted by molar-refractivity contribution is 6.07. The summed E-state index contributed by atoms with van der Waals surface area (Å²) in [6.07, 6.45) is 2.11. The molecule has 0 radical (unpaired) electrons. The number of ketones is 1. The number of aryl methyl sites for hydroxylation is 1. The Bertz CT molecular complexity index is 580. The fourth-order valence-corrected chi connectivity index (χ4v) is 1.60. The third kappa shape index (κ3) is 2.27. The Morgan fingerprint density at radius 2 is 2.11 bits per heavy atom. The first kappa shape index (κ1) is 12.3. The van der Waals surface area contributed by atoms with Crippen molar-refractivity contribution in [2.75, 3.05) is 0 Å². The highest BCUT2D eigenvalue weighted by Crippen LogP contribution is 2.13. The Morgan fingerprint density at radius 1 is 1.33 bits per heavy atom. The summed E-state index contributed by atoms with van der Waals surface area (Å²) in [6.45, 7) is 2.48. The van der Waals surface area contributed by atoms with Crippen LogP contribution >= 0.6 is 0 Å². The van der Waals surface area contributed by atoms with E-state index in [9.17, 15) is 13.6 Å². The summed E-state index contributed by atoms with van der Waals surface area (Å²) in [5.74, 6) is -2.45. The number of hydrogen-bond acceptors (Lipinski definition) is 3. The lowest BCUT2D eigenvalue weighted by Crippen LogP contribution is -2.12. The molecule has 0 aliphatic carbocycles. The van der Waals surface area contributed by atoms with Crippen molar-refractivity contribution in [3.63, 3.8) is 0 Å². The molecule has 0 N–H and O–H groups in total. The Hall–Kier alpha value is -2.11. The van der Waals surface area contributed by atoms with E-state index in [1.807, 2.05) is 6.92 Å². The van der Waals surface area contributed by atoms with Crippen LogP contribution in [0.1, 0.15) is 29.4 Å². The molecule has 0 bridgehead atoms. The van der Waals surface area contributed by atoms with Crippen LogP contribution in [-0.4, -0.2) is 20.8 Å². The number of benzene rings is 1. The van der Waals surface area contributed by atoms with Crippen molar-refractivity contribution in [3.8, 4) is 0 Å². The molecule has 2 rings (SSSR count). The quantitative estimate of drug-likeness (QED) is 0.782. The molecule has 0 saturated carbocycles. The number of carbonyl (C=O) groups is 1. The van der Waals surface area contributed by atoms with E-state index in [1.54, 1.807) is 0 Å². The second kappa shape index (κ2) is 5.03. The standard InChI is InChI=1S/C12H11F2N3O/c1-2-5-17-11(7-15-16-17)12(18)8-3-4-9(13)10(14)6-8/h3-4,6-7H,2,5H2,1H3. The van der Waals surface area contributed by atoms with Crippen molar-refractivity contribution in [2.24, 2.45) is 0 Å². The summed E-state index contributed by atoms with van der Waals surface area (Å²) in [6, 6.07) is 3.04. The van der Waals surface area contributed by atoms with Crippen molar-refractivity contribution < 1.29 is 13.6 Å². The zero-order valence-corrected chi connectivity index (χ0v) is 9.73. The summed E-state index contributed by atoms with van der Waals surface area (Å²) in [4.78, 5) is 12.1. The molecule has 1 aromatic carbocycles. The van der Waals surface area contributed by atoms with Gasteiger partial charge in [0.05, 0.1) is 6.20 Å². The molecule has 0 saturated heterocycles. The van der Waals surface area contributed by atoms with E-state index in [4.69, 9.17) is 0 Å². The first-order valence-electron chi connectivity index (χ1n) is 5.51. The second-order valence-electron chi connectivity index (χ2n) is 3.80. The van der Waals surface area contributed by atoms with Gasteiger partial charge in [-0.25, -0.2) is 13.5 Å². The first-order valence-corrected chi connectivity index (χ1v) is 5.51. The van der Waals surface area contributed by atoms with Crippen molar-refractivity contribution >= 4 is 5.78 Å². The molecule has 0 fully saturated rings. The molecule has 18 heavy (non-hydrogen) atoms. The summed E-state index contributed by atoms with van der Waals surface area (Å²) >= 11 is 0. The van der Waals surface area contributed by atoms with Gasteiger partial charge in [-0.15, -0.1) is 5.10 Å². The topological polar surface area (TPSA) is 47.8 Å². The Balaban J connectivity index is 2.35. The molecule has 4 nitrogen and oxygen atoms in total. The van der Waals surface area contributed by atoms with E-state index >= 15 is 0 Å². The maximum atomic E-state index is 13.1. The summed E-state index contributed by atoms with van der Waals surface area (Å²) in [7, 11) is 0. The molecule has 1 heterocycles. The first-order chi connectivity index (χ1) is 8.63. The van der Waals surface area contributed by atoms with Crippen LogP contribution in [0.4, 0.5) is 8.78 Å². The van der Waals surface area contributed by atoms with Crippen molar-refractivity contribution in [1.82, 2.24) is 15.0 Å². The highest BCUT2D eigenvalue weighted by atomic mass is 19.2. The molecule has 0 atom stereocenters. The number of nitrogens with zero attached hydrogens (tertiary/aromatic N) is 3. The van der Waals surface area contributed by atoms with Gasteiger partial charge in [0.25, 0.3) is 0 Å². The molecule has 0 amide bonds. The molecule has 0 aliphatic heterocycles. The SMILES string of the molecule is CCCn1nncc1C(=O)c1ccc(F)c(F)c1. The molecular formula is C12H11F2N3O. The lowest BCUT2D eigenvalue weighted by atomic mass is 10.1. The maximum Gasteiger partial charge on any atom is 0.212 e. The van der Waals surface area contributed by atoms with Crippen LogP contribution in [0, 0.1) is 11.6 Å². The molecule has 94 valence electrons. The smallest absolute Gasteiger partial charge is 0.212 e. The molecule has 0 aliphatic rings. The van der Waals surface area contributed by atoms with Gasteiger partial charge in [-0.1, -0.05) is 12.1 Å². The van der Waals surface area contributed by atoms with Gasteiger partial charge in [0.15, 0.2) is 11.6 Å². The Morgan fingerprint density at radius 3 is 2.78 bits per heavy atom. The van der Waals surface area contributed by atoms with Gasteiger partial charge in [0.2, 0.25) is 5.78 Å². The van der Waals surface area contributed by atoms with E-state index in [-0.39, 0.29) is 11.3 Å². The monoisotopic (exact) mass is 251 g/mol. The number of rotatable bonds is 4. The summed E-state index contributed by atoms with van der Waals surface area (Å²) in [5.41, 5.74) is 0.344. The average Bonchev–Trinajstić information content (AvgIpc) is 2.80. The number of aromatic nitrogens is 3. The molecule has 0 unspecified atom stereocenters. The lowest BCUT2D eigenvalue weighted by Gasteiger charge is -2.04. The van der Waals surface area contributed by atoms with Gasteiger partial charge >= 0.3 is 0 Å². The third-order valence-electron chi connectivity index (χ3n) is 2.47. The number of hydrogen-bond donors (Lipinski definition) is 0. The highest BCUT2D eigenvalue weighted by Gasteiger charge is 2.16. The van der Waals surface area contributed by atoms with Crippen molar-refractivity contribution in [2.45, 2.75) is 19.9 Å². The number of halogens is 2. The lowest BCUT2D eigenvalue weighted by molar-refractivity contribution is 0.102. The van der Waals surface area contributed by atoms with Gasteiger partial charge in [-0.3, -0.25) is 4.79 Å². The fourth-order valence-electron chi connectivity index (χ4n) is 1.60. The summed E-state index contributed by atoms with van der Waals surface area (Å²) in [5, 5.41) is 7.42. The Kier molecular flexibility index (Phi) is 3.45. The Labute approximate surface area is 102 Å². The van der Waals surface area contributed by atoms with Crippen molar-refractivity contribution in [1.29, 1.82) is 0 Å². The fraction of sp³-hybridized carbons (Fsp3) is 0.250. The zero-order valence-electron chi connectivity index (χ0n) is 9.73. The molecule has 2 aromatic rings. The van der Waals surface area contributed by atoms with Crippen LogP contribution in [0.5, 0.6) is 0 Å². The minimum Gasteiger partial charge on any atom is -0.287 e. The predicted molar refractivity (Wildman–Crippen MR) is 60.1 cm³/mol. The maximum absolute atomic E-state index is 13.1. The summed E-state index contributed by atoms with van der Waals surface area (Å²) < 4.78 is 27.3. The zero-order chi connectivity index (χ0) is 13.1. The van der Waals surface area contributed by atoms with E-state index in [0.717, 1.165) is 18.6 Å². The van der Waals surface area contributed by atoms with Gasteiger partial charge in [0, 0.05) is 12.1 Å². The van der Waals surface area contributed by atoms with E-state index in [1.165, 1.54) is 16.9 Å². The van der Waals surface area contributed by atoms with E-state index in [0.29, 0.717) is 6.54 Å². The second-order valence-corrected chi connectivity index (χ2v) is 3.80. The van der Waals surface area contributed by atoms with Crippen LogP contribution < -0.4 is 0 Å². The van der Waals surface area contributed by atoms with Crippen LogP contribution in [0.3, 0.4) is 0 Å². The number of carbonyl (C=O) groups excluding carboxylic acids is 1. The van der Waals surface area contributed by atoms with Crippen LogP contribution in [0.25, 0.3) is 0 Å².